The molecule has 0 bridgehead atoms. The van der Waals surface area contributed by atoms with Crippen LogP contribution in [-0.2, 0) is 0 Å². The molecule has 1 aromatic heterocycles. The van der Waals surface area contributed by atoms with Gasteiger partial charge in [0.2, 0.25) is 0 Å². The van der Waals surface area contributed by atoms with Gasteiger partial charge in [-0.15, -0.1) is 0 Å². The number of aryl methyl sites for hydroxylation is 1. The summed E-state index contributed by atoms with van der Waals surface area (Å²) in [6.45, 7) is 3.50. The van der Waals surface area contributed by atoms with Crippen molar-refractivity contribution < 1.29 is 9.32 Å². The lowest BCUT2D eigenvalue weighted by molar-refractivity contribution is 0.102. The quantitative estimate of drug-likeness (QED) is 0.939. The number of nitrogens with one attached hydrogen (secondary N) is 1. The Bertz CT molecular complexity index is 823. The number of rotatable bonds is 3. The molecule has 0 aliphatic carbocycles. The summed E-state index contributed by atoms with van der Waals surface area (Å²) in [5.41, 5.74) is 3.46. The Morgan fingerprint density at radius 3 is 2.91 bits per heavy atom. The molecule has 2 aliphatic heterocycles. The van der Waals surface area contributed by atoms with E-state index in [-0.39, 0.29) is 5.91 Å². The van der Waals surface area contributed by atoms with Crippen LogP contribution in [0.1, 0.15) is 21.7 Å². The molecule has 3 heterocycles. The lowest BCUT2D eigenvalue weighted by Gasteiger charge is -2.16. The Kier molecular flexibility index (Phi) is 3.42. The van der Waals surface area contributed by atoms with Crippen molar-refractivity contribution in [1.82, 2.24) is 10.1 Å². The van der Waals surface area contributed by atoms with E-state index < -0.39 is 0 Å². The number of benzene rings is 1. The lowest BCUT2D eigenvalue weighted by atomic mass is 10.1. The summed E-state index contributed by atoms with van der Waals surface area (Å²) in [7, 11) is 0. The number of aliphatic imine (C=N–C) groups is 1. The number of thioether (sulfide) groups is 1. The van der Waals surface area contributed by atoms with Crippen molar-refractivity contribution in [2.24, 2.45) is 4.99 Å². The van der Waals surface area contributed by atoms with Crippen molar-refractivity contribution >= 4 is 34.2 Å². The van der Waals surface area contributed by atoms with Gasteiger partial charge in [-0.2, -0.15) is 0 Å². The number of amides is 1. The van der Waals surface area contributed by atoms with Crippen molar-refractivity contribution in [2.45, 2.75) is 6.92 Å². The number of hydrogen-bond donors (Lipinski definition) is 1. The molecule has 0 unspecified atom stereocenters. The van der Waals surface area contributed by atoms with Gasteiger partial charge < -0.3 is 14.7 Å². The Balaban J connectivity index is 1.49. The van der Waals surface area contributed by atoms with E-state index in [9.17, 15) is 4.79 Å². The number of fused-ring (bicyclic) bond motifs is 1. The van der Waals surface area contributed by atoms with Gasteiger partial charge in [0.15, 0.2) is 5.17 Å². The lowest BCUT2D eigenvalue weighted by Crippen LogP contribution is -2.19. The van der Waals surface area contributed by atoms with Crippen LogP contribution in [0.2, 0.25) is 0 Å². The molecule has 0 saturated heterocycles. The Morgan fingerprint density at radius 1 is 1.35 bits per heavy atom. The van der Waals surface area contributed by atoms with Crippen LogP contribution in [0, 0.1) is 6.92 Å². The van der Waals surface area contributed by atoms with Gasteiger partial charge in [0.1, 0.15) is 11.3 Å². The van der Waals surface area contributed by atoms with Gasteiger partial charge in [-0.25, -0.2) is 0 Å². The highest BCUT2D eigenvalue weighted by Gasteiger charge is 2.26. The van der Waals surface area contributed by atoms with Crippen LogP contribution in [0.25, 0.3) is 5.70 Å². The molecule has 23 heavy (non-hydrogen) atoms. The van der Waals surface area contributed by atoms with Gasteiger partial charge in [-0.3, -0.25) is 9.79 Å². The topological polar surface area (TPSA) is 70.7 Å². The molecule has 1 N–H and O–H groups in total. The number of nitrogens with zero attached hydrogens (tertiary/aromatic N) is 3. The molecule has 0 saturated carbocycles. The summed E-state index contributed by atoms with van der Waals surface area (Å²) < 4.78 is 4.91. The maximum Gasteiger partial charge on any atom is 0.260 e. The van der Waals surface area contributed by atoms with E-state index in [4.69, 9.17) is 4.52 Å². The zero-order valence-electron chi connectivity index (χ0n) is 12.4. The second kappa shape index (κ2) is 5.58. The minimum absolute atomic E-state index is 0.221. The van der Waals surface area contributed by atoms with Crippen LogP contribution in [-0.4, -0.2) is 34.2 Å². The first-order valence-corrected chi connectivity index (χ1v) is 8.12. The molecule has 0 spiro atoms. The number of hydrogen-bond acceptors (Lipinski definition) is 6. The summed E-state index contributed by atoms with van der Waals surface area (Å²) in [5.74, 6) is 0.286. The van der Waals surface area contributed by atoms with Crippen molar-refractivity contribution in [2.75, 3.05) is 18.4 Å². The van der Waals surface area contributed by atoms with Crippen molar-refractivity contribution in [3.8, 4) is 0 Å². The predicted molar refractivity (Wildman–Crippen MR) is 90.2 cm³/mol. The van der Waals surface area contributed by atoms with E-state index in [0.29, 0.717) is 11.3 Å². The van der Waals surface area contributed by atoms with E-state index in [2.05, 4.69) is 25.8 Å². The summed E-state index contributed by atoms with van der Waals surface area (Å²) in [6.07, 6.45) is 1.42. The smallest absolute Gasteiger partial charge is 0.260 e. The van der Waals surface area contributed by atoms with Crippen molar-refractivity contribution in [1.29, 1.82) is 0 Å². The van der Waals surface area contributed by atoms with E-state index >= 15 is 0 Å². The fraction of sp³-hybridized carbons (Fsp3) is 0.188. The highest BCUT2D eigenvalue weighted by Crippen LogP contribution is 2.35. The zero-order chi connectivity index (χ0) is 15.8. The molecule has 0 atom stereocenters. The maximum absolute atomic E-state index is 12.1. The zero-order valence-corrected chi connectivity index (χ0v) is 13.3. The molecule has 116 valence electrons. The van der Waals surface area contributed by atoms with Crippen LogP contribution in [0.4, 0.5) is 5.69 Å². The summed E-state index contributed by atoms with van der Waals surface area (Å²) in [6, 6.07) is 7.80. The van der Waals surface area contributed by atoms with Gasteiger partial charge in [-0.05, 0) is 24.6 Å². The normalized spacial score (nSPS) is 16.1. The summed E-state index contributed by atoms with van der Waals surface area (Å²) in [5, 5.41) is 9.65. The highest BCUT2D eigenvalue weighted by molar-refractivity contribution is 8.16. The van der Waals surface area contributed by atoms with Crippen molar-refractivity contribution in [3.05, 3.63) is 52.8 Å². The van der Waals surface area contributed by atoms with Gasteiger partial charge in [0.25, 0.3) is 5.91 Å². The monoisotopic (exact) mass is 326 g/mol. The summed E-state index contributed by atoms with van der Waals surface area (Å²) in [4.78, 5) is 18.8. The third kappa shape index (κ3) is 2.53. The first kappa shape index (κ1) is 14.1. The molecule has 7 heteroatoms. The largest absolute Gasteiger partial charge is 0.361 e. The number of aromatic nitrogens is 1. The number of carbonyl (C=O) groups excluding carboxylic acids is 1. The average Bonchev–Trinajstić information content (AvgIpc) is 3.24. The minimum atomic E-state index is -0.221. The second-order valence-electron chi connectivity index (χ2n) is 5.26. The first-order valence-electron chi connectivity index (χ1n) is 7.24. The molecular formula is C16H14N4O2S. The predicted octanol–water partition coefficient (Wildman–Crippen LogP) is 2.95. The van der Waals surface area contributed by atoms with Crippen LogP contribution in [0.15, 0.2) is 45.4 Å². The van der Waals surface area contributed by atoms with Crippen molar-refractivity contribution in [3.63, 3.8) is 0 Å². The fourth-order valence-electron chi connectivity index (χ4n) is 2.59. The van der Waals surface area contributed by atoms with Crippen LogP contribution in [0.5, 0.6) is 0 Å². The highest BCUT2D eigenvalue weighted by atomic mass is 32.2. The minimum Gasteiger partial charge on any atom is -0.361 e. The molecule has 2 aromatic rings. The van der Waals surface area contributed by atoms with E-state index in [0.717, 1.165) is 29.5 Å². The van der Waals surface area contributed by atoms with Crippen LogP contribution >= 0.6 is 11.8 Å². The number of anilines is 1. The van der Waals surface area contributed by atoms with Gasteiger partial charge in [0, 0.05) is 17.6 Å². The third-order valence-corrected chi connectivity index (χ3v) is 4.70. The summed E-state index contributed by atoms with van der Waals surface area (Å²) >= 11 is 1.66. The van der Waals surface area contributed by atoms with E-state index in [1.54, 1.807) is 18.7 Å². The number of amidine groups is 1. The molecule has 1 amide bonds. The van der Waals surface area contributed by atoms with Gasteiger partial charge in [0.05, 0.1) is 18.4 Å². The van der Waals surface area contributed by atoms with Crippen LogP contribution in [0.3, 0.4) is 0 Å². The van der Waals surface area contributed by atoms with E-state index in [1.165, 1.54) is 11.9 Å². The van der Waals surface area contributed by atoms with Crippen LogP contribution < -0.4 is 5.32 Å². The molecule has 0 fully saturated rings. The van der Waals surface area contributed by atoms with Gasteiger partial charge >= 0.3 is 0 Å². The standard InChI is InChI=1S/C16H14N4O2S/c1-10-13(8-18-22-10)15(21)19-12-4-2-11(3-5-12)14-9-23-16-17-6-7-20(14)16/h2-5,8-9H,6-7H2,1H3,(H,19,21). The molecule has 0 radical (unpaired) electrons. The first-order chi connectivity index (χ1) is 11.2. The SMILES string of the molecule is Cc1oncc1C(=O)Nc1ccc(C2=CSC3=NCCN23)cc1. The van der Waals surface area contributed by atoms with E-state index in [1.807, 2.05) is 24.3 Å². The molecule has 4 rings (SSSR count). The Labute approximate surface area is 137 Å². The molecular weight excluding hydrogens is 312 g/mol. The molecule has 1 aromatic carbocycles. The molecule has 2 aliphatic rings. The average molecular weight is 326 g/mol. The number of carbonyl (C=O) groups is 1. The Hall–Kier alpha value is -2.54. The fourth-order valence-corrected chi connectivity index (χ4v) is 3.55. The molecule has 6 nitrogen and oxygen atoms in total. The maximum atomic E-state index is 12.1. The van der Waals surface area contributed by atoms with Gasteiger partial charge in [-0.1, -0.05) is 29.1 Å². The third-order valence-electron chi connectivity index (χ3n) is 3.80. The Morgan fingerprint density at radius 2 is 2.17 bits per heavy atom. The second-order valence-corrected chi connectivity index (χ2v) is 6.10.